The van der Waals surface area contributed by atoms with Crippen molar-refractivity contribution in [2.45, 2.75) is 29.3 Å². The van der Waals surface area contributed by atoms with Crippen LogP contribution in [0.2, 0.25) is 0 Å². The molecule has 14 heteroatoms. The predicted molar refractivity (Wildman–Crippen MR) is 133 cm³/mol. The van der Waals surface area contributed by atoms with Crippen molar-refractivity contribution >= 4 is 51.0 Å². The van der Waals surface area contributed by atoms with E-state index in [0.717, 1.165) is 4.90 Å². The first-order valence-electron chi connectivity index (χ1n) is 10.7. The minimum Gasteiger partial charge on any atom is -0.323 e. The topological polar surface area (TPSA) is 120 Å². The highest BCUT2D eigenvalue weighted by Crippen LogP contribution is 2.38. The summed E-state index contributed by atoms with van der Waals surface area (Å²) in [5.74, 6) is -0.651. The molecule has 3 aromatic rings. The van der Waals surface area contributed by atoms with Crippen LogP contribution in [0.4, 0.5) is 35.0 Å². The van der Waals surface area contributed by atoms with E-state index in [2.05, 4.69) is 19.7 Å². The molecule has 4 rings (SSSR count). The number of carbonyl (C=O) groups is 2. The van der Waals surface area contributed by atoms with Gasteiger partial charge in [-0.1, -0.05) is 18.2 Å². The van der Waals surface area contributed by atoms with Crippen molar-refractivity contribution in [2.75, 3.05) is 14.3 Å². The minimum absolute atomic E-state index is 0.0936. The number of hydrogen-bond acceptors (Lipinski definition) is 6. The number of halogens is 3. The summed E-state index contributed by atoms with van der Waals surface area (Å²) >= 11 is -0.310. The van der Waals surface area contributed by atoms with Gasteiger partial charge in [0.15, 0.2) is 0 Å². The minimum atomic E-state index is -4.47. The molecule has 1 unspecified atom stereocenters. The number of aromatic nitrogens is 1. The monoisotopic (exact) mass is 551 g/mol. The van der Waals surface area contributed by atoms with Crippen LogP contribution in [0.5, 0.6) is 0 Å². The van der Waals surface area contributed by atoms with Gasteiger partial charge in [0.25, 0.3) is 5.91 Å². The van der Waals surface area contributed by atoms with E-state index in [1.54, 1.807) is 30.3 Å². The number of rotatable bonds is 8. The van der Waals surface area contributed by atoms with Crippen LogP contribution in [0, 0.1) is 0 Å². The van der Waals surface area contributed by atoms with E-state index in [1.807, 2.05) is 0 Å². The largest absolute Gasteiger partial charge is 0.446 e. The van der Waals surface area contributed by atoms with E-state index >= 15 is 0 Å². The van der Waals surface area contributed by atoms with E-state index in [0.29, 0.717) is 11.3 Å². The molecule has 3 N–H and O–H groups in total. The van der Waals surface area contributed by atoms with Crippen molar-refractivity contribution in [1.29, 1.82) is 0 Å². The fourth-order valence-electron chi connectivity index (χ4n) is 3.72. The number of nitrogens with one attached hydrogen (secondary N) is 3. The molecule has 37 heavy (non-hydrogen) atoms. The molecule has 0 bridgehead atoms. The van der Waals surface area contributed by atoms with Crippen molar-refractivity contribution in [2.24, 2.45) is 0 Å². The number of carbonyl (C=O) groups excluding carboxylic acids is 2. The number of para-hydroxylation sites is 1. The Balaban J connectivity index is 1.53. The lowest BCUT2D eigenvalue weighted by Gasteiger charge is -2.23. The van der Waals surface area contributed by atoms with Gasteiger partial charge in [0.05, 0.1) is 23.3 Å². The third kappa shape index (κ3) is 6.32. The maximum Gasteiger partial charge on any atom is 0.446 e. The number of hydrogen-bond donors (Lipinski definition) is 3. The van der Waals surface area contributed by atoms with Crippen LogP contribution in [0.15, 0.2) is 78.0 Å². The van der Waals surface area contributed by atoms with Gasteiger partial charge in [-0.05, 0) is 66.7 Å². The second-order valence-corrected chi connectivity index (χ2v) is 10.8. The average molecular weight is 552 g/mol. The molecule has 1 atom stereocenters. The standard InChI is InChI=1S/C23H20F3N5O4S2/c1-22(20(32)31(21(33)28-22)17-7-9-18(10-8-17)36-23(24,25)26)13-15-11-12-27-14-19(15)30-37(34,35)29-16-5-3-2-4-6-16/h2-12,14,29-30H,13H2,1H3,(H,28,33). The zero-order chi connectivity index (χ0) is 26.8. The Hall–Kier alpha value is -3.78. The van der Waals surface area contributed by atoms with Crippen molar-refractivity contribution in [1.82, 2.24) is 10.3 Å². The third-order valence-electron chi connectivity index (χ3n) is 5.32. The van der Waals surface area contributed by atoms with E-state index in [9.17, 15) is 31.2 Å². The first kappa shape index (κ1) is 26.3. The van der Waals surface area contributed by atoms with Gasteiger partial charge in [0.1, 0.15) is 5.54 Å². The van der Waals surface area contributed by atoms with Gasteiger partial charge in [-0.2, -0.15) is 21.6 Å². The van der Waals surface area contributed by atoms with Gasteiger partial charge in [-0.3, -0.25) is 19.2 Å². The molecule has 0 saturated carbocycles. The van der Waals surface area contributed by atoms with Crippen molar-refractivity contribution in [3.63, 3.8) is 0 Å². The summed E-state index contributed by atoms with van der Waals surface area (Å²) in [4.78, 5) is 30.7. The average Bonchev–Trinajstić information content (AvgIpc) is 3.02. The van der Waals surface area contributed by atoms with Gasteiger partial charge in [0, 0.05) is 17.5 Å². The summed E-state index contributed by atoms with van der Waals surface area (Å²) in [7, 11) is -4.06. The molecule has 194 valence electrons. The number of urea groups is 1. The van der Waals surface area contributed by atoms with Crippen LogP contribution in [-0.2, 0) is 21.4 Å². The molecule has 1 aromatic heterocycles. The van der Waals surface area contributed by atoms with Crippen molar-refractivity contribution in [3.05, 3.63) is 78.6 Å². The molecule has 0 spiro atoms. The molecular weight excluding hydrogens is 531 g/mol. The van der Waals surface area contributed by atoms with E-state index in [4.69, 9.17) is 0 Å². The Morgan fingerprint density at radius 3 is 2.35 bits per heavy atom. The van der Waals surface area contributed by atoms with Crippen LogP contribution in [0.25, 0.3) is 0 Å². The molecule has 0 aliphatic carbocycles. The number of amides is 3. The lowest BCUT2D eigenvalue weighted by Crippen LogP contribution is -2.46. The Labute approximate surface area is 214 Å². The summed E-state index contributed by atoms with van der Waals surface area (Å²) in [6.07, 6.45) is 2.60. The second-order valence-electron chi connectivity index (χ2n) is 8.23. The number of imide groups is 1. The highest BCUT2D eigenvalue weighted by Gasteiger charge is 2.48. The summed E-state index contributed by atoms with van der Waals surface area (Å²) in [6.45, 7) is 1.47. The second kappa shape index (κ2) is 9.94. The number of alkyl halides is 3. The summed E-state index contributed by atoms with van der Waals surface area (Å²) in [5.41, 5.74) is -5.03. The van der Waals surface area contributed by atoms with Gasteiger partial charge < -0.3 is 5.32 Å². The molecule has 1 saturated heterocycles. The number of anilines is 3. The van der Waals surface area contributed by atoms with Crippen LogP contribution < -0.4 is 19.7 Å². The summed E-state index contributed by atoms with van der Waals surface area (Å²) in [6, 6.07) is 13.8. The third-order valence-corrected chi connectivity index (χ3v) is 7.05. The van der Waals surface area contributed by atoms with Crippen LogP contribution in [-0.4, -0.2) is 36.4 Å². The van der Waals surface area contributed by atoms with Crippen LogP contribution >= 0.6 is 11.8 Å². The highest BCUT2D eigenvalue weighted by molar-refractivity contribution is 8.00. The predicted octanol–water partition coefficient (Wildman–Crippen LogP) is 4.52. The molecule has 3 amide bonds. The first-order valence-corrected chi connectivity index (χ1v) is 13.0. The molecule has 2 aromatic carbocycles. The van der Waals surface area contributed by atoms with E-state index < -0.39 is 33.2 Å². The molecule has 1 aliphatic heterocycles. The number of thioether (sulfide) groups is 1. The Kier molecular flexibility index (Phi) is 7.06. The molecule has 1 fully saturated rings. The molecule has 9 nitrogen and oxygen atoms in total. The Morgan fingerprint density at radius 1 is 1.03 bits per heavy atom. The fourth-order valence-corrected chi connectivity index (χ4v) is 5.23. The Morgan fingerprint density at radius 2 is 1.70 bits per heavy atom. The highest BCUT2D eigenvalue weighted by atomic mass is 32.2. The SMILES string of the molecule is CC1(Cc2ccncc2NS(=O)(=O)Nc2ccccc2)NC(=O)N(c2ccc(SC(F)(F)F)cc2)C1=O. The maximum atomic E-state index is 13.3. The number of nitrogens with zero attached hydrogens (tertiary/aromatic N) is 2. The number of pyridine rings is 1. The van der Waals surface area contributed by atoms with Gasteiger partial charge in [-0.25, -0.2) is 9.69 Å². The molecular formula is C23H20F3N5O4S2. The van der Waals surface area contributed by atoms with E-state index in [-0.39, 0.29) is 34.5 Å². The normalized spacial score (nSPS) is 18.0. The quantitative estimate of drug-likeness (QED) is 0.280. The fraction of sp³-hybridized carbons (Fsp3) is 0.174. The van der Waals surface area contributed by atoms with Crippen molar-refractivity contribution in [3.8, 4) is 0 Å². The van der Waals surface area contributed by atoms with E-state index in [1.165, 1.54) is 49.6 Å². The van der Waals surface area contributed by atoms with Gasteiger partial charge in [-0.15, -0.1) is 0 Å². The summed E-state index contributed by atoms with van der Waals surface area (Å²) in [5, 5.41) is 2.60. The smallest absolute Gasteiger partial charge is 0.323 e. The van der Waals surface area contributed by atoms with Gasteiger partial charge in [0.2, 0.25) is 0 Å². The van der Waals surface area contributed by atoms with Crippen molar-refractivity contribution < 1.29 is 31.2 Å². The zero-order valence-corrected chi connectivity index (χ0v) is 20.7. The maximum absolute atomic E-state index is 13.3. The lowest BCUT2D eigenvalue weighted by molar-refractivity contribution is -0.121. The molecule has 2 heterocycles. The van der Waals surface area contributed by atoms with Gasteiger partial charge >= 0.3 is 21.7 Å². The first-order chi connectivity index (χ1) is 17.4. The number of benzene rings is 2. The van der Waals surface area contributed by atoms with Crippen LogP contribution in [0.3, 0.4) is 0 Å². The van der Waals surface area contributed by atoms with Crippen LogP contribution in [0.1, 0.15) is 12.5 Å². The molecule has 0 radical (unpaired) electrons. The molecule has 1 aliphatic rings. The summed E-state index contributed by atoms with van der Waals surface area (Å²) < 4.78 is 67.9. The lowest BCUT2D eigenvalue weighted by atomic mass is 9.92. The Bertz CT molecular complexity index is 1420. The zero-order valence-electron chi connectivity index (χ0n) is 19.1.